The van der Waals surface area contributed by atoms with Crippen LogP contribution >= 0.6 is 0 Å². The molecule has 7 atom stereocenters. The van der Waals surface area contributed by atoms with Crippen LogP contribution in [0.5, 0.6) is 0 Å². The highest BCUT2D eigenvalue weighted by molar-refractivity contribution is 5.75. The number of carbonyl (C=O) groups is 1. The zero-order chi connectivity index (χ0) is 12.7. The van der Waals surface area contributed by atoms with Crippen molar-refractivity contribution in [2.24, 2.45) is 23.2 Å². The second kappa shape index (κ2) is 3.12. The molecule has 3 heterocycles. The third kappa shape index (κ3) is 1.08. The molecular formula is C15H22O3. The molecule has 100 valence electrons. The molecule has 18 heavy (non-hydrogen) atoms. The molecule has 0 unspecified atom stereocenters. The van der Waals surface area contributed by atoms with Crippen molar-refractivity contribution in [3.05, 3.63) is 0 Å². The Morgan fingerprint density at radius 2 is 2.00 bits per heavy atom. The van der Waals surface area contributed by atoms with Crippen LogP contribution in [0.1, 0.15) is 46.5 Å². The highest BCUT2D eigenvalue weighted by Gasteiger charge is 2.70. The van der Waals surface area contributed by atoms with Crippen molar-refractivity contribution in [2.45, 2.75) is 64.3 Å². The van der Waals surface area contributed by atoms with Crippen molar-refractivity contribution >= 4 is 5.97 Å². The lowest BCUT2D eigenvalue weighted by atomic mass is 9.53. The maximum atomic E-state index is 11.9. The third-order valence-corrected chi connectivity index (χ3v) is 6.45. The van der Waals surface area contributed by atoms with Crippen LogP contribution in [0.3, 0.4) is 0 Å². The fourth-order valence-electron chi connectivity index (χ4n) is 5.49. The molecule has 0 aromatic heterocycles. The molecule has 1 saturated carbocycles. The van der Waals surface area contributed by atoms with Crippen LogP contribution in [0.25, 0.3) is 0 Å². The standard InChI is InChI=1S/C15H22O3/c1-8-9-4-6-14(2)10-5-7-15(3,18-10)12(14)11(9)17-13(8)16/h8-12H,4-7H2,1-3H3/t8-,9-,10+,11-,12+,14-,15-/m0/s1. The molecule has 4 fully saturated rings. The summed E-state index contributed by atoms with van der Waals surface area (Å²) >= 11 is 0. The SMILES string of the molecule is C[C@@H]1C(=O)O[C@H]2[C@H]1CC[C@]1(C)[C@@H]2[C@]2(C)CC[C@H]1O2. The van der Waals surface area contributed by atoms with Gasteiger partial charge in [-0.3, -0.25) is 4.79 Å². The second-order valence-electron chi connectivity index (χ2n) is 7.33. The van der Waals surface area contributed by atoms with E-state index in [1.165, 1.54) is 12.8 Å². The van der Waals surface area contributed by atoms with Gasteiger partial charge in [-0.15, -0.1) is 0 Å². The van der Waals surface area contributed by atoms with Gasteiger partial charge in [0.05, 0.1) is 17.6 Å². The first-order valence-electron chi connectivity index (χ1n) is 7.34. The van der Waals surface area contributed by atoms with Crippen LogP contribution in [0, 0.1) is 23.2 Å². The Morgan fingerprint density at radius 3 is 2.78 bits per heavy atom. The molecule has 1 aliphatic carbocycles. The summed E-state index contributed by atoms with van der Waals surface area (Å²) in [5, 5.41) is 0. The molecule has 0 spiro atoms. The van der Waals surface area contributed by atoms with Crippen molar-refractivity contribution in [3.8, 4) is 0 Å². The minimum Gasteiger partial charge on any atom is -0.461 e. The molecule has 0 amide bonds. The highest BCUT2D eigenvalue weighted by Crippen LogP contribution is 2.66. The molecule has 4 aliphatic rings. The number of hydrogen-bond acceptors (Lipinski definition) is 3. The summed E-state index contributed by atoms with van der Waals surface area (Å²) in [7, 11) is 0. The van der Waals surface area contributed by atoms with E-state index in [-0.39, 0.29) is 29.0 Å². The van der Waals surface area contributed by atoms with Crippen LogP contribution in [0.2, 0.25) is 0 Å². The van der Waals surface area contributed by atoms with E-state index >= 15 is 0 Å². The highest BCUT2D eigenvalue weighted by atomic mass is 16.6. The van der Waals surface area contributed by atoms with E-state index in [9.17, 15) is 4.79 Å². The Hall–Kier alpha value is -0.570. The second-order valence-corrected chi connectivity index (χ2v) is 7.33. The number of carbonyl (C=O) groups excluding carboxylic acids is 1. The molecular weight excluding hydrogens is 228 g/mol. The predicted molar refractivity (Wildman–Crippen MR) is 65.9 cm³/mol. The Balaban J connectivity index is 1.77. The lowest BCUT2D eigenvalue weighted by Crippen LogP contribution is -2.53. The molecule has 0 radical (unpaired) electrons. The van der Waals surface area contributed by atoms with Gasteiger partial charge < -0.3 is 9.47 Å². The molecule has 3 aliphatic heterocycles. The lowest BCUT2D eigenvalue weighted by molar-refractivity contribution is -0.151. The van der Waals surface area contributed by atoms with Gasteiger partial charge in [-0.25, -0.2) is 0 Å². The van der Waals surface area contributed by atoms with Gasteiger partial charge in [0.25, 0.3) is 0 Å². The van der Waals surface area contributed by atoms with Gasteiger partial charge in [-0.05, 0) is 32.6 Å². The fourth-order valence-corrected chi connectivity index (χ4v) is 5.49. The molecule has 2 bridgehead atoms. The summed E-state index contributed by atoms with van der Waals surface area (Å²) in [6.07, 6.45) is 5.14. The van der Waals surface area contributed by atoms with Crippen molar-refractivity contribution in [2.75, 3.05) is 0 Å². The summed E-state index contributed by atoms with van der Waals surface area (Å²) in [6, 6.07) is 0. The molecule has 3 nitrogen and oxygen atoms in total. The first-order chi connectivity index (χ1) is 8.46. The van der Waals surface area contributed by atoms with Crippen molar-refractivity contribution in [1.82, 2.24) is 0 Å². The Labute approximate surface area is 108 Å². The van der Waals surface area contributed by atoms with Crippen LogP contribution in [-0.2, 0) is 14.3 Å². The first-order valence-corrected chi connectivity index (χ1v) is 7.34. The minimum atomic E-state index is -0.0485. The van der Waals surface area contributed by atoms with Crippen LogP contribution in [-0.4, -0.2) is 23.8 Å². The fraction of sp³-hybridized carbons (Fsp3) is 0.933. The Kier molecular flexibility index (Phi) is 1.95. The predicted octanol–water partition coefficient (Wildman–Crippen LogP) is 2.53. The van der Waals surface area contributed by atoms with Crippen molar-refractivity contribution in [3.63, 3.8) is 0 Å². The maximum absolute atomic E-state index is 11.9. The summed E-state index contributed by atoms with van der Waals surface area (Å²) in [4.78, 5) is 11.9. The Morgan fingerprint density at radius 1 is 1.22 bits per heavy atom. The summed E-state index contributed by atoms with van der Waals surface area (Å²) in [5.74, 6) is 0.939. The van der Waals surface area contributed by atoms with Crippen molar-refractivity contribution in [1.29, 1.82) is 0 Å². The first kappa shape index (κ1) is 11.3. The smallest absolute Gasteiger partial charge is 0.309 e. The lowest BCUT2D eigenvalue weighted by Gasteiger charge is -2.49. The van der Waals surface area contributed by atoms with Gasteiger partial charge in [0, 0.05) is 17.3 Å². The quantitative estimate of drug-likeness (QED) is 0.620. The third-order valence-electron chi connectivity index (χ3n) is 6.45. The van der Waals surface area contributed by atoms with Gasteiger partial charge in [0.2, 0.25) is 0 Å². The Bertz CT molecular complexity index is 420. The number of esters is 1. The normalized spacial score (nSPS) is 61.5. The van der Waals surface area contributed by atoms with Gasteiger partial charge in [0.15, 0.2) is 0 Å². The maximum Gasteiger partial charge on any atom is 0.309 e. The van der Waals surface area contributed by atoms with E-state index in [1.54, 1.807) is 0 Å². The van der Waals surface area contributed by atoms with Crippen molar-refractivity contribution < 1.29 is 14.3 Å². The van der Waals surface area contributed by atoms with Gasteiger partial charge in [0.1, 0.15) is 6.10 Å². The number of ether oxygens (including phenoxy) is 2. The largest absolute Gasteiger partial charge is 0.461 e. The van der Waals surface area contributed by atoms with E-state index in [0.717, 1.165) is 12.8 Å². The molecule has 3 saturated heterocycles. The van der Waals surface area contributed by atoms with Gasteiger partial charge in [-0.2, -0.15) is 0 Å². The topological polar surface area (TPSA) is 35.5 Å². The summed E-state index contributed by atoms with van der Waals surface area (Å²) < 4.78 is 12.1. The molecule has 4 rings (SSSR count). The average Bonchev–Trinajstić information content (AvgIpc) is 2.89. The molecule has 0 aromatic rings. The zero-order valence-electron chi connectivity index (χ0n) is 11.4. The summed E-state index contributed by atoms with van der Waals surface area (Å²) in [6.45, 7) is 6.63. The van der Waals surface area contributed by atoms with Crippen LogP contribution in [0.15, 0.2) is 0 Å². The minimum absolute atomic E-state index is 0.0145. The average molecular weight is 250 g/mol. The molecule has 0 aromatic carbocycles. The van der Waals surface area contributed by atoms with Crippen LogP contribution < -0.4 is 0 Å². The monoisotopic (exact) mass is 250 g/mol. The summed E-state index contributed by atoms with van der Waals surface area (Å²) in [5.41, 5.74) is 0.186. The number of hydrogen-bond donors (Lipinski definition) is 0. The van der Waals surface area contributed by atoms with E-state index in [4.69, 9.17) is 9.47 Å². The molecule has 3 heteroatoms. The van der Waals surface area contributed by atoms with Gasteiger partial charge in [-0.1, -0.05) is 13.8 Å². The van der Waals surface area contributed by atoms with E-state index < -0.39 is 0 Å². The number of rotatable bonds is 0. The zero-order valence-corrected chi connectivity index (χ0v) is 11.4. The van der Waals surface area contributed by atoms with Crippen LogP contribution in [0.4, 0.5) is 0 Å². The van der Waals surface area contributed by atoms with E-state index in [1.807, 2.05) is 6.92 Å². The number of fused-ring (bicyclic) bond motifs is 7. The van der Waals surface area contributed by atoms with E-state index in [0.29, 0.717) is 17.9 Å². The van der Waals surface area contributed by atoms with Gasteiger partial charge >= 0.3 is 5.97 Å². The molecule has 0 N–H and O–H groups in total. The van der Waals surface area contributed by atoms with E-state index in [2.05, 4.69) is 13.8 Å².